The van der Waals surface area contributed by atoms with Gasteiger partial charge in [0.25, 0.3) is 0 Å². The molecule has 0 bridgehead atoms. The number of carbonyl (C=O) groups excluding carboxylic acids is 1. The highest BCUT2D eigenvalue weighted by molar-refractivity contribution is 5.86. The Morgan fingerprint density at radius 3 is 2.14 bits per heavy atom. The topological polar surface area (TPSA) is 57.8 Å². The molecule has 2 rings (SSSR count). The zero-order valence-electron chi connectivity index (χ0n) is 22.3. The average Bonchev–Trinajstić information content (AvgIpc) is 3.18. The summed E-state index contributed by atoms with van der Waals surface area (Å²) in [5, 5.41) is 13.5. The van der Waals surface area contributed by atoms with E-state index >= 15 is 0 Å². The Labute approximate surface area is 209 Å². The summed E-state index contributed by atoms with van der Waals surface area (Å²) in [5.41, 5.74) is 4.49. The van der Waals surface area contributed by atoms with E-state index in [0.29, 0.717) is 5.92 Å². The van der Waals surface area contributed by atoms with Crippen LogP contribution in [-0.4, -0.2) is 23.2 Å². The Bertz CT molecular complexity index is 923. The minimum absolute atomic E-state index is 0.184. The van der Waals surface area contributed by atoms with E-state index in [1.807, 2.05) is 13.0 Å². The molecule has 0 fully saturated rings. The van der Waals surface area contributed by atoms with Crippen LogP contribution in [0.15, 0.2) is 18.2 Å². The second kappa shape index (κ2) is 18.4. The number of hydrogen-bond donors (Lipinski definition) is 1. The third kappa shape index (κ3) is 12.9. The summed E-state index contributed by atoms with van der Waals surface area (Å²) < 4.78 is 34.5. The number of halogens is 3. The highest BCUT2D eigenvalue weighted by Crippen LogP contribution is 2.27. The molecule has 7 heteroatoms. The molecule has 35 heavy (non-hydrogen) atoms. The number of terminal acetylenes is 1. The van der Waals surface area contributed by atoms with E-state index in [2.05, 4.69) is 75.6 Å². The van der Waals surface area contributed by atoms with Gasteiger partial charge in [-0.1, -0.05) is 47.1 Å². The standard InChI is InChI=1S/C20H27N3O.C3H5F3.C3H8.C2H2/c1-5-17-6-7-20-19(16(17)4)11-18(12-21)23(20)9-8-14(2)10-15(3)22-13-24;1-2-3(4,5)6;1-3-2;1-2/h6-7,11,13-15H,5,8-10H2,1-4H3,(H,22,24);2H2,1H3;3H2,1-2H3;1-2H. The lowest BCUT2D eigenvalue weighted by molar-refractivity contribution is -0.130. The van der Waals surface area contributed by atoms with Crippen LogP contribution in [-0.2, 0) is 17.8 Å². The first-order chi connectivity index (χ1) is 16.5. The fourth-order valence-electron chi connectivity index (χ4n) is 3.49. The molecule has 0 saturated heterocycles. The van der Waals surface area contributed by atoms with Crippen LogP contribution in [0.25, 0.3) is 10.9 Å². The molecular formula is C28H42F3N3O. The molecule has 0 saturated carbocycles. The van der Waals surface area contributed by atoms with Crippen molar-refractivity contribution in [3.63, 3.8) is 0 Å². The van der Waals surface area contributed by atoms with Gasteiger partial charge in [-0.3, -0.25) is 4.79 Å². The van der Waals surface area contributed by atoms with Crippen molar-refractivity contribution in [2.75, 3.05) is 0 Å². The number of benzene rings is 1. The predicted octanol–water partition coefficient (Wildman–Crippen LogP) is 7.56. The smallest absolute Gasteiger partial charge is 0.356 e. The zero-order chi connectivity index (χ0) is 27.6. The predicted molar refractivity (Wildman–Crippen MR) is 140 cm³/mol. The molecule has 2 atom stereocenters. The van der Waals surface area contributed by atoms with Crippen molar-refractivity contribution in [3.05, 3.63) is 35.0 Å². The maximum atomic E-state index is 10.8. The monoisotopic (exact) mass is 493 g/mol. The van der Waals surface area contributed by atoms with Crippen LogP contribution >= 0.6 is 0 Å². The molecule has 4 nitrogen and oxygen atoms in total. The van der Waals surface area contributed by atoms with E-state index in [4.69, 9.17) is 0 Å². The largest absolute Gasteiger partial charge is 0.388 e. The first-order valence-corrected chi connectivity index (χ1v) is 12.1. The van der Waals surface area contributed by atoms with E-state index < -0.39 is 12.6 Å². The molecule has 0 aliphatic rings. The van der Waals surface area contributed by atoms with Crippen LogP contribution in [0.2, 0.25) is 0 Å². The van der Waals surface area contributed by atoms with Crippen LogP contribution in [0.5, 0.6) is 0 Å². The number of hydrogen-bond acceptors (Lipinski definition) is 2. The first-order valence-electron chi connectivity index (χ1n) is 12.1. The second-order valence-corrected chi connectivity index (χ2v) is 8.42. The van der Waals surface area contributed by atoms with Crippen LogP contribution < -0.4 is 5.32 Å². The Morgan fingerprint density at radius 2 is 1.71 bits per heavy atom. The number of nitrogens with one attached hydrogen (secondary N) is 1. The minimum Gasteiger partial charge on any atom is -0.356 e. The summed E-state index contributed by atoms with van der Waals surface area (Å²) in [5.74, 6) is 0.479. The third-order valence-corrected chi connectivity index (χ3v) is 5.32. The molecule has 1 heterocycles. The van der Waals surface area contributed by atoms with Gasteiger partial charge in [0.15, 0.2) is 0 Å². The lowest BCUT2D eigenvalue weighted by atomic mass is 9.99. The Morgan fingerprint density at radius 1 is 1.17 bits per heavy atom. The van der Waals surface area contributed by atoms with Crippen molar-refractivity contribution in [3.8, 4) is 18.9 Å². The van der Waals surface area contributed by atoms with Gasteiger partial charge in [-0.15, -0.1) is 12.8 Å². The molecule has 1 aromatic heterocycles. The number of carbonyl (C=O) groups is 1. The van der Waals surface area contributed by atoms with Crippen molar-refractivity contribution >= 4 is 17.3 Å². The fourth-order valence-corrected chi connectivity index (χ4v) is 3.49. The Hall–Kier alpha value is -2.93. The summed E-state index contributed by atoms with van der Waals surface area (Å²) in [6.45, 7) is 14.7. The Balaban J connectivity index is 0. The molecule has 1 N–H and O–H groups in total. The van der Waals surface area contributed by atoms with Gasteiger partial charge in [-0.05, 0) is 62.3 Å². The van der Waals surface area contributed by atoms with E-state index in [1.54, 1.807) is 0 Å². The third-order valence-electron chi connectivity index (χ3n) is 5.32. The average molecular weight is 494 g/mol. The molecule has 0 aliphatic carbocycles. The molecule has 0 spiro atoms. The zero-order valence-corrected chi connectivity index (χ0v) is 22.3. The maximum absolute atomic E-state index is 10.8. The summed E-state index contributed by atoms with van der Waals surface area (Å²) in [6, 6.07) is 8.86. The summed E-state index contributed by atoms with van der Waals surface area (Å²) in [7, 11) is 0. The van der Waals surface area contributed by atoms with Crippen molar-refractivity contribution in [2.45, 2.75) is 99.3 Å². The van der Waals surface area contributed by atoms with Gasteiger partial charge in [0.2, 0.25) is 6.41 Å². The molecule has 1 amide bonds. The Kier molecular flexibility index (Phi) is 18.0. The number of nitriles is 1. The van der Waals surface area contributed by atoms with Crippen LogP contribution in [0, 0.1) is 37.0 Å². The molecule has 196 valence electrons. The van der Waals surface area contributed by atoms with Crippen molar-refractivity contribution < 1.29 is 18.0 Å². The first kappa shape index (κ1) is 34.2. The summed E-state index contributed by atoms with van der Waals surface area (Å²) in [4.78, 5) is 10.5. The number of alkyl halides is 3. The molecule has 1 aromatic carbocycles. The van der Waals surface area contributed by atoms with Crippen LogP contribution in [0.1, 0.15) is 84.0 Å². The molecular weight excluding hydrogens is 451 g/mol. The quantitative estimate of drug-likeness (QED) is 0.305. The van der Waals surface area contributed by atoms with E-state index in [0.717, 1.165) is 50.4 Å². The van der Waals surface area contributed by atoms with Gasteiger partial charge in [0, 0.05) is 29.9 Å². The van der Waals surface area contributed by atoms with Crippen molar-refractivity contribution in [1.29, 1.82) is 5.26 Å². The fraction of sp³-hybridized carbons (Fsp3) is 0.571. The molecule has 0 radical (unpaired) electrons. The highest BCUT2D eigenvalue weighted by Gasteiger charge is 2.22. The highest BCUT2D eigenvalue weighted by atomic mass is 19.4. The second-order valence-electron chi connectivity index (χ2n) is 8.42. The number of aryl methyl sites for hydroxylation is 3. The van der Waals surface area contributed by atoms with Gasteiger partial charge in [-0.2, -0.15) is 18.4 Å². The maximum Gasteiger partial charge on any atom is 0.388 e. The summed E-state index contributed by atoms with van der Waals surface area (Å²) in [6.07, 6.45) is 8.26. The van der Waals surface area contributed by atoms with Gasteiger partial charge < -0.3 is 9.88 Å². The number of fused-ring (bicyclic) bond motifs is 1. The van der Waals surface area contributed by atoms with Gasteiger partial charge in [0.1, 0.15) is 11.8 Å². The molecule has 2 aromatic rings. The number of nitrogens with zero attached hydrogens (tertiary/aromatic N) is 2. The summed E-state index contributed by atoms with van der Waals surface area (Å²) >= 11 is 0. The lowest BCUT2D eigenvalue weighted by Gasteiger charge is -2.17. The van der Waals surface area contributed by atoms with Gasteiger partial charge in [-0.25, -0.2) is 0 Å². The van der Waals surface area contributed by atoms with Gasteiger partial charge >= 0.3 is 6.18 Å². The SMILES string of the molecule is C#C.CCC.CCC(F)(F)F.CCc1ccc2c(cc(C#N)n2CCC(C)CC(C)NC=O)c1C. The lowest BCUT2D eigenvalue weighted by Crippen LogP contribution is -2.26. The number of aromatic nitrogens is 1. The van der Waals surface area contributed by atoms with Gasteiger partial charge in [0.05, 0.1) is 0 Å². The minimum atomic E-state index is -3.96. The van der Waals surface area contributed by atoms with Crippen LogP contribution in [0.3, 0.4) is 0 Å². The normalized spacial score (nSPS) is 11.9. The van der Waals surface area contributed by atoms with E-state index in [1.165, 1.54) is 22.9 Å². The number of rotatable bonds is 8. The molecule has 0 aliphatic heterocycles. The van der Waals surface area contributed by atoms with Crippen LogP contribution in [0.4, 0.5) is 13.2 Å². The van der Waals surface area contributed by atoms with Crippen molar-refractivity contribution in [1.82, 2.24) is 9.88 Å². The van der Waals surface area contributed by atoms with Crippen molar-refractivity contribution in [2.24, 2.45) is 5.92 Å². The van der Waals surface area contributed by atoms with E-state index in [9.17, 15) is 23.2 Å². The number of amides is 1. The van der Waals surface area contributed by atoms with E-state index in [-0.39, 0.29) is 6.04 Å². The molecule has 2 unspecified atom stereocenters.